The van der Waals surface area contributed by atoms with E-state index in [0.717, 1.165) is 24.2 Å². The van der Waals surface area contributed by atoms with Crippen LogP contribution in [0.25, 0.3) is 0 Å². The summed E-state index contributed by atoms with van der Waals surface area (Å²) < 4.78 is 12.8. The van der Waals surface area contributed by atoms with Gasteiger partial charge in [0.2, 0.25) is 0 Å². The molecule has 1 amide bonds. The molecule has 1 aromatic rings. The number of likely N-dealkylation sites (tertiary alicyclic amines) is 1. The van der Waals surface area contributed by atoms with Crippen LogP contribution in [0.1, 0.15) is 71.9 Å². The van der Waals surface area contributed by atoms with Gasteiger partial charge in [0.1, 0.15) is 5.76 Å². The van der Waals surface area contributed by atoms with Gasteiger partial charge in [0, 0.05) is 30.6 Å². The molecule has 1 aromatic carbocycles. The number of amides is 1. The van der Waals surface area contributed by atoms with Gasteiger partial charge in [0.15, 0.2) is 17.6 Å². The Morgan fingerprint density at radius 2 is 2.03 bits per heavy atom. The van der Waals surface area contributed by atoms with Crippen molar-refractivity contribution >= 4 is 5.91 Å². The highest BCUT2D eigenvalue weighted by atomic mass is 16.6. The Balaban J connectivity index is 0.00000253. The van der Waals surface area contributed by atoms with E-state index in [0.29, 0.717) is 35.8 Å². The number of carbonyl (C=O) groups is 1. The Labute approximate surface area is 208 Å². The average molecular weight is 485 g/mol. The molecule has 5 aliphatic rings. The Kier molecular flexibility index (Phi) is 5.68. The van der Waals surface area contributed by atoms with Crippen molar-refractivity contribution in [2.75, 3.05) is 13.1 Å². The van der Waals surface area contributed by atoms with Gasteiger partial charge in [0.05, 0.1) is 22.7 Å². The summed E-state index contributed by atoms with van der Waals surface area (Å²) in [7, 11) is 0. The number of hydrogen-bond acceptors (Lipinski definition) is 6. The summed E-state index contributed by atoms with van der Waals surface area (Å²) >= 11 is 0. The van der Waals surface area contributed by atoms with E-state index in [4.69, 9.17) is 9.47 Å². The lowest BCUT2D eigenvalue weighted by molar-refractivity contribution is -0.175. The van der Waals surface area contributed by atoms with Gasteiger partial charge >= 0.3 is 0 Å². The minimum atomic E-state index is -1.19. The quantitative estimate of drug-likeness (QED) is 0.573. The first kappa shape index (κ1) is 24.4. The summed E-state index contributed by atoms with van der Waals surface area (Å²) in [6.45, 7) is 9.59. The third kappa shape index (κ3) is 3.34. The second kappa shape index (κ2) is 8.13. The molecule has 1 spiro atoms. The minimum absolute atomic E-state index is 0. The first-order valence-corrected chi connectivity index (χ1v) is 12.8. The summed E-state index contributed by atoms with van der Waals surface area (Å²) in [5, 5.41) is 26.5. The smallest absolute Gasteiger partial charge is 0.251 e. The Hall–Kier alpha value is -2.25. The highest BCUT2D eigenvalue weighted by molar-refractivity contribution is 5.95. The molecule has 192 valence electrons. The summed E-state index contributed by atoms with van der Waals surface area (Å²) in [6.07, 6.45) is 3.30. The fourth-order valence-corrected chi connectivity index (χ4v) is 7.08. The molecule has 2 heterocycles. The lowest BCUT2D eigenvalue weighted by atomic mass is 9.49. The molecule has 6 rings (SSSR count). The second-order valence-corrected chi connectivity index (χ2v) is 11.6. The number of phenols is 1. The van der Waals surface area contributed by atoms with Crippen LogP contribution in [0.4, 0.5) is 0 Å². The van der Waals surface area contributed by atoms with Crippen molar-refractivity contribution in [3.05, 3.63) is 34.6 Å². The molecule has 0 radical (unpaired) electrons. The molecule has 1 saturated heterocycles. The molecule has 1 saturated carbocycles. The van der Waals surface area contributed by atoms with Crippen molar-refractivity contribution < 1.29 is 24.5 Å². The number of rotatable bonds is 6. The predicted molar refractivity (Wildman–Crippen MR) is 133 cm³/mol. The normalized spacial score (nSPS) is 32.8. The van der Waals surface area contributed by atoms with Crippen LogP contribution in [0, 0.1) is 5.92 Å². The minimum Gasteiger partial charge on any atom is -0.504 e. The maximum absolute atomic E-state index is 13.5. The van der Waals surface area contributed by atoms with Gasteiger partial charge in [-0.1, -0.05) is 13.5 Å². The standard InChI is InChI=1S/C27H36N2O5.CH4/c1-14(2)28-25(31)18-12-27(32)20-11-17-7-8-19(30)23-21(17)26(27,9-10-29(20)13-16-5-6-16)24(34-23)22(18)33-15(3)4;/h7-8,14-16,20,24,30,32H,5-6,9-13H2,1-4H3,(H,28,31);1H4/t20-,24+,26+,27-;/m1./s1. The van der Waals surface area contributed by atoms with E-state index in [1.165, 1.54) is 12.8 Å². The zero-order chi connectivity index (χ0) is 24.0. The number of aliphatic hydroxyl groups is 1. The molecule has 7 nitrogen and oxygen atoms in total. The highest BCUT2D eigenvalue weighted by Gasteiger charge is 2.73. The van der Waals surface area contributed by atoms with E-state index in [1.54, 1.807) is 6.07 Å². The van der Waals surface area contributed by atoms with Gasteiger partial charge in [0.25, 0.3) is 5.91 Å². The van der Waals surface area contributed by atoms with Crippen LogP contribution in [-0.2, 0) is 21.4 Å². The van der Waals surface area contributed by atoms with Gasteiger partial charge < -0.3 is 25.0 Å². The van der Waals surface area contributed by atoms with Crippen molar-refractivity contribution in [3.8, 4) is 11.5 Å². The van der Waals surface area contributed by atoms with Gasteiger partial charge in [-0.05, 0) is 77.5 Å². The van der Waals surface area contributed by atoms with E-state index in [9.17, 15) is 15.0 Å². The number of hydrogen-bond donors (Lipinski definition) is 3. The number of ether oxygens (including phenoxy) is 2. The number of carbonyl (C=O) groups excluding carboxylic acids is 1. The molecule has 7 heteroatoms. The second-order valence-electron chi connectivity index (χ2n) is 11.6. The maximum atomic E-state index is 13.5. The fraction of sp³-hybridized carbons (Fsp3) is 0.679. The number of aromatic hydroxyl groups is 1. The van der Waals surface area contributed by atoms with Crippen LogP contribution in [0.15, 0.2) is 23.5 Å². The van der Waals surface area contributed by atoms with E-state index in [2.05, 4.69) is 10.2 Å². The first-order chi connectivity index (χ1) is 16.2. The van der Waals surface area contributed by atoms with Gasteiger partial charge in [-0.15, -0.1) is 0 Å². The van der Waals surface area contributed by atoms with Crippen molar-refractivity contribution in [2.24, 2.45) is 5.92 Å². The van der Waals surface area contributed by atoms with Gasteiger partial charge in [-0.25, -0.2) is 0 Å². The van der Waals surface area contributed by atoms with Crippen LogP contribution in [-0.4, -0.2) is 64.0 Å². The molecule has 0 unspecified atom stereocenters. The Morgan fingerprint density at radius 1 is 1.29 bits per heavy atom. The van der Waals surface area contributed by atoms with E-state index >= 15 is 0 Å². The van der Waals surface area contributed by atoms with Crippen molar-refractivity contribution in [1.29, 1.82) is 0 Å². The molecule has 2 aliphatic heterocycles. The van der Waals surface area contributed by atoms with Crippen LogP contribution < -0.4 is 10.1 Å². The maximum Gasteiger partial charge on any atom is 0.251 e. The third-order valence-corrected chi connectivity index (χ3v) is 8.55. The van der Waals surface area contributed by atoms with E-state index in [-0.39, 0.29) is 43.7 Å². The summed E-state index contributed by atoms with van der Waals surface area (Å²) in [4.78, 5) is 15.9. The molecule has 2 bridgehead atoms. The Bertz CT molecular complexity index is 1080. The van der Waals surface area contributed by atoms with Crippen LogP contribution in [0.2, 0.25) is 0 Å². The lowest BCUT2D eigenvalue weighted by Gasteiger charge is -2.63. The highest BCUT2D eigenvalue weighted by Crippen LogP contribution is 2.66. The molecule has 3 N–H and O–H groups in total. The fourth-order valence-electron chi connectivity index (χ4n) is 7.08. The van der Waals surface area contributed by atoms with Crippen LogP contribution in [0.3, 0.4) is 0 Å². The Morgan fingerprint density at radius 3 is 2.69 bits per heavy atom. The van der Waals surface area contributed by atoms with Crippen LogP contribution in [0.5, 0.6) is 11.5 Å². The molecule has 0 aromatic heterocycles. The summed E-state index contributed by atoms with van der Waals surface area (Å²) in [5.74, 6) is 1.53. The molecular weight excluding hydrogens is 444 g/mol. The topological polar surface area (TPSA) is 91.3 Å². The summed E-state index contributed by atoms with van der Waals surface area (Å²) in [5.41, 5.74) is 0.592. The predicted octanol–water partition coefficient (Wildman–Crippen LogP) is 3.41. The number of nitrogens with one attached hydrogen (secondary N) is 1. The first-order valence-electron chi connectivity index (χ1n) is 12.8. The molecule has 2 fully saturated rings. The average Bonchev–Trinajstić information content (AvgIpc) is 3.49. The number of nitrogens with zero attached hydrogens (tertiary/aromatic N) is 1. The van der Waals surface area contributed by atoms with Gasteiger partial charge in [-0.2, -0.15) is 0 Å². The molecule has 4 atom stereocenters. The zero-order valence-corrected chi connectivity index (χ0v) is 20.6. The number of benzene rings is 1. The third-order valence-electron chi connectivity index (χ3n) is 8.55. The lowest BCUT2D eigenvalue weighted by Crippen LogP contribution is -2.76. The van der Waals surface area contributed by atoms with Gasteiger partial charge in [-0.3, -0.25) is 9.69 Å². The van der Waals surface area contributed by atoms with Crippen molar-refractivity contribution in [3.63, 3.8) is 0 Å². The van der Waals surface area contributed by atoms with E-state index in [1.807, 2.05) is 33.8 Å². The molecule has 3 aliphatic carbocycles. The SMILES string of the molecule is C.CC(C)NC(=O)C1=C(OC(C)C)[C@@H]2Oc3c(O)ccc4c3[C@@]23CCN(CC2CC2)[C@H](C4)[C@]3(O)C1. The molecular formula is C28H40N2O5. The largest absolute Gasteiger partial charge is 0.504 e. The molecule has 35 heavy (non-hydrogen) atoms. The number of piperidine rings is 1. The van der Waals surface area contributed by atoms with Crippen molar-refractivity contribution in [1.82, 2.24) is 10.2 Å². The zero-order valence-electron chi connectivity index (χ0n) is 20.6. The van der Waals surface area contributed by atoms with Crippen LogP contribution >= 0.6 is 0 Å². The summed E-state index contributed by atoms with van der Waals surface area (Å²) in [6, 6.07) is 3.54. The number of phenolic OH excluding ortho intramolecular Hbond substituents is 1. The monoisotopic (exact) mass is 484 g/mol. The van der Waals surface area contributed by atoms with Crippen molar-refractivity contribution in [2.45, 2.75) is 103 Å². The van der Waals surface area contributed by atoms with E-state index < -0.39 is 17.1 Å².